The summed E-state index contributed by atoms with van der Waals surface area (Å²) in [7, 11) is 2.14. The average molecular weight is 248 g/mol. The Labute approximate surface area is 108 Å². The lowest BCUT2D eigenvalue weighted by atomic mass is 10.2. The maximum absolute atomic E-state index is 10.8. The maximum Gasteiger partial charge on any atom is 0.217 e. The molecule has 1 fully saturated rings. The van der Waals surface area contributed by atoms with Crippen LogP contribution in [0.15, 0.2) is 18.3 Å². The van der Waals surface area contributed by atoms with Crippen molar-refractivity contribution in [2.75, 3.05) is 38.1 Å². The van der Waals surface area contributed by atoms with Gasteiger partial charge in [0, 0.05) is 45.8 Å². The Bertz CT molecular complexity index is 396. The number of anilines is 1. The van der Waals surface area contributed by atoms with Gasteiger partial charge in [-0.2, -0.15) is 0 Å². The topological polar surface area (TPSA) is 48.5 Å². The van der Waals surface area contributed by atoms with E-state index in [0.717, 1.165) is 37.6 Å². The van der Waals surface area contributed by atoms with Crippen molar-refractivity contribution < 1.29 is 4.79 Å². The summed E-state index contributed by atoms with van der Waals surface area (Å²) >= 11 is 0. The SMILES string of the molecule is CC(=O)NCc1ccc(N2CCN(C)CC2)nc1. The first-order chi connectivity index (χ1) is 8.65. The second-order valence-electron chi connectivity index (χ2n) is 4.72. The zero-order valence-corrected chi connectivity index (χ0v) is 11.0. The van der Waals surface area contributed by atoms with Crippen LogP contribution in [-0.4, -0.2) is 49.0 Å². The van der Waals surface area contributed by atoms with Crippen molar-refractivity contribution in [3.05, 3.63) is 23.9 Å². The summed E-state index contributed by atoms with van der Waals surface area (Å²) in [6.45, 7) is 6.27. The molecule has 0 unspecified atom stereocenters. The fourth-order valence-electron chi connectivity index (χ4n) is 1.97. The van der Waals surface area contributed by atoms with E-state index in [-0.39, 0.29) is 5.91 Å². The van der Waals surface area contributed by atoms with Crippen molar-refractivity contribution in [2.45, 2.75) is 13.5 Å². The summed E-state index contributed by atoms with van der Waals surface area (Å²) in [6.07, 6.45) is 1.84. The smallest absolute Gasteiger partial charge is 0.217 e. The third-order valence-corrected chi connectivity index (χ3v) is 3.18. The number of nitrogens with one attached hydrogen (secondary N) is 1. The molecule has 2 heterocycles. The van der Waals surface area contributed by atoms with Gasteiger partial charge in [0.05, 0.1) is 0 Å². The number of aromatic nitrogens is 1. The number of hydrogen-bond acceptors (Lipinski definition) is 4. The summed E-state index contributed by atoms with van der Waals surface area (Å²) in [6, 6.07) is 4.05. The minimum Gasteiger partial charge on any atom is -0.354 e. The van der Waals surface area contributed by atoms with Gasteiger partial charge in [0.25, 0.3) is 0 Å². The van der Waals surface area contributed by atoms with Crippen molar-refractivity contribution in [2.24, 2.45) is 0 Å². The minimum absolute atomic E-state index is 0.0156. The molecule has 1 aromatic heterocycles. The Balaban J connectivity index is 1.93. The molecule has 1 aliphatic heterocycles. The highest BCUT2D eigenvalue weighted by molar-refractivity contribution is 5.72. The number of carbonyl (C=O) groups is 1. The number of nitrogens with zero attached hydrogens (tertiary/aromatic N) is 3. The van der Waals surface area contributed by atoms with Crippen LogP contribution in [0.1, 0.15) is 12.5 Å². The number of carbonyl (C=O) groups excluding carboxylic acids is 1. The van der Waals surface area contributed by atoms with Gasteiger partial charge >= 0.3 is 0 Å². The van der Waals surface area contributed by atoms with E-state index in [1.54, 1.807) is 0 Å². The number of amides is 1. The van der Waals surface area contributed by atoms with Crippen LogP contribution < -0.4 is 10.2 Å². The van der Waals surface area contributed by atoms with Gasteiger partial charge in [0.2, 0.25) is 5.91 Å². The van der Waals surface area contributed by atoms with E-state index < -0.39 is 0 Å². The van der Waals surface area contributed by atoms with Crippen molar-refractivity contribution in [1.82, 2.24) is 15.2 Å². The average Bonchev–Trinajstić information content (AvgIpc) is 2.38. The van der Waals surface area contributed by atoms with Crippen molar-refractivity contribution in [3.8, 4) is 0 Å². The molecule has 1 N–H and O–H groups in total. The van der Waals surface area contributed by atoms with Crippen LogP contribution in [-0.2, 0) is 11.3 Å². The number of pyridine rings is 1. The zero-order valence-electron chi connectivity index (χ0n) is 11.0. The lowest BCUT2D eigenvalue weighted by Crippen LogP contribution is -2.44. The summed E-state index contributed by atoms with van der Waals surface area (Å²) in [5.41, 5.74) is 1.03. The normalized spacial score (nSPS) is 16.7. The van der Waals surface area contributed by atoms with Crippen LogP contribution in [0.5, 0.6) is 0 Å². The minimum atomic E-state index is -0.0156. The van der Waals surface area contributed by atoms with Gasteiger partial charge in [-0.05, 0) is 18.7 Å². The third kappa shape index (κ3) is 3.43. The first kappa shape index (κ1) is 12.8. The molecule has 18 heavy (non-hydrogen) atoms. The molecular formula is C13H20N4O. The first-order valence-electron chi connectivity index (χ1n) is 6.28. The molecule has 1 amide bonds. The van der Waals surface area contributed by atoms with E-state index in [2.05, 4.69) is 27.1 Å². The van der Waals surface area contributed by atoms with Gasteiger partial charge in [-0.25, -0.2) is 4.98 Å². The third-order valence-electron chi connectivity index (χ3n) is 3.18. The fourth-order valence-corrected chi connectivity index (χ4v) is 1.97. The molecule has 0 saturated carbocycles. The molecule has 0 aliphatic carbocycles. The van der Waals surface area contributed by atoms with Crippen LogP contribution in [0.3, 0.4) is 0 Å². The number of likely N-dealkylation sites (N-methyl/N-ethyl adjacent to an activating group) is 1. The van der Waals surface area contributed by atoms with E-state index in [1.165, 1.54) is 6.92 Å². The Hall–Kier alpha value is -1.62. The predicted octanol–water partition coefficient (Wildman–Crippen LogP) is 0.469. The molecule has 5 heteroatoms. The maximum atomic E-state index is 10.8. The molecule has 1 saturated heterocycles. The molecule has 0 spiro atoms. The monoisotopic (exact) mass is 248 g/mol. The van der Waals surface area contributed by atoms with Gasteiger partial charge < -0.3 is 15.1 Å². The van der Waals surface area contributed by atoms with E-state index >= 15 is 0 Å². The molecular weight excluding hydrogens is 228 g/mol. The highest BCUT2D eigenvalue weighted by Gasteiger charge is 2.14. The summed E-state index contributed by atoms with van der Waals surface area (Å²) < 4.78 is 0. The van der Waals surface area contributed by atoms with E-state index in [0.29, 0.717) is 6.54 Å². The molecule has 5 nitrogen and oxygen atoms in total. The van der Waals surface area contributed by atoms with E-state index in [1.807, 2.05) is 18.3 Å². The molecule has 0 aromatic carbocycles. The molecule has 0 bridgehead atoms. The van der Waals surface area contributed by atoms with Crippen molar-refractivity contribution in [1.29, 1.82) is 0 Å². The Morgan fingerprint density at radius 1 is 1.33 bits per heavy atom. The van der Waals surface area contributed by atoms with Crippen LogP contribution in [0.25, 0.3) is 0 Å². The molecule has 0 radical (unpaired) electrons. The number of rotatable bonds is 3. The Kier molecular flexibility index (Phi) is 4.15. The second kappa shape index (κ2) is 5.82. The fraction of sp³-hybridized carbons (Fsp3) is 0.538. The highest BCUT2D eigenvalue weighted by atomic mass is 16.1. The van der Waals surface area contributed by atoms with Gasteiger partial charge in [-0.15, -0.1) is 0 Å². The van der Waals surface area contributed by atoms with Crippen molar-refractivity contribution >= 4 is 11.7 Å². The van der Waals surface area contributed by atoms with Crippen LogP contribution in [0.4, 0.5) is 5.82 Å². The Morgan fingerprint density at radius 2 is 2.06 bits per heavy atom. The molecule has 0 atom stereocenters. The standard InChI is InChI=1S/C13H20N4O/c1-11(18)14-9-12-3-4-13(15-10-12)17-7-5-16(2)6-8-17/h3-4,10H,5-9H2,1-2H3,(H,14,18). The van der Waals surface area contributed by atoms with E-state index in [9.17, 15) is 4.79 Å². The summed E-state index contributed by atoms with van der Waals surface area (Å²) in [4.78, 5) is 19.9. The van der Waals surface area contributed by atoms with Crippen molar-refractivity contribution in [3.63, 3.8) is 0 Å². The molecule has 1 aromatic rings. The van der Waals surface area contributed by atoms with Crippen LogP contribution in [0, 0.1) is 0 Å². The quantitative estimate of drug-likeness (QED) is 0.845. The highest BCUT2D eigenvalue weighted by Crippen LogP contribution is 2.13. The zero-order chi connectivity index (χ0) is 13.0. The molecule has 2 rings (SSSR count). The van der Waals surface area contributed by atoms with Gasteiger partial charge in [-0.1, -0.05) is 6.07 Å². The van der Waals surface area contributed by atoms with Crippen LogP contribution >= 0.6 is 0 Å². The molecule has 98 valence electrons. The second-order valence-corrected chi connectivity index (χ2v) is 4.72. The van der Waals surface area contributed by atoms with Gasteiger partial charge in [0.1, 0.15) is 5.82 Å². The predicted molar refractivity (Wildman–Crippen MR) is 71.5 cm³/mol. The van der Waals surface area contributed by atoms with Crippen LogP contribution in [0.2, 0.25) is 0 Å². The Morgan fingerprint density at radius 3 is 2.61 bits per heavy atom. The lowest BCUT2D eigenvalue weighted by Gasteiger charge is -2.33. The summed E-state index contributed by atoms with van der Waals surface area (Å²) in [5.74, 6) is 1.01. The van der Waals surface area contributed by atoms with E-state index in [4.69, 9.17) is 0 Å². The van der Waals surface area contributed by atoms with Gasteiger partial charge in [-0.3, -0.25) is 4.79 Å². The number of hydrogen-bond donors (Lipinski definition) is 1. The van der Waals surface area contributed by atoms with Gasteiger partial charge in [0.15, 0.2) is 0 Å². The number of piperazine rings is 1. The first-order valence-corrected chi connectivity index (χ1v) is 6.28. The molecule has 1 aliphatic rings. The summed E-state index contributed by atoms with van der Waals surface area (Å²) in [5, 5.41) is 2.77. The largest absolute Gasteiger partial charge is 0.354 e. The lowest BCUT2D eigenvalue weighted by molar-refractivity contribution is -0.119.